The van der Waals surface area contributed by atoms with Gasteiger partial charge in [0.25, 0.3) is 0 Å². The van der Waals surface area contributed by atoms with Crippen molar-refractivity contribution < 1.29 is 25.9 Å². The molecular weight excluding hydrogens is 280 g/mol. The van der Waals surface area contributed by atoms with E-state index in [2.05, 4.69) is 0 Å². The normalized spacial score (nSPS) is 38.1. The maximum Gasteiger partial charge on any atom is 0.0978 e. The lowest BCUT2D eigenvalue weighted by atomic mass is 9.70. The second-order valence-electron chi connectivity index (χ2n) is 5.31. The fourth-order valence-electron chi connectivity index (χ4n) is 3.48. The predicted molar refractivity (Wildman–Crippen MR) is 61.7 cm³/mol. The third kappa shape index (κ3) is 2.87. The summed E-state index contributed by atoms with van der Waals surface area (Å²) in [5, 5.41) is -1.81. The Kier molecular flexibility index (Phi) is 3.74. The first-order chi connectivity index (χ1) is 8.19. The Labute approximate surface area is 107 Å². The van der Waals surface area contributed by atoms with Crippen molar-refractivity contribution in [1.82, 2.24) is 0 Å². The smallest absolute Gasteiger partial charge is 0.0978 e. The lowest BCUT2D eigenvalue weighted by molar-refractivity contribution is 0.167. The summed E-state index contributed by atoms with van der Waals surface area (Å²) in [5.74, 6) is -0.380. The first-order valence-electron chi connectivity index (χ1n) is 6.09. The van der Waals surface area contributed by atoms with Gasteiger partial charge in [0.1, 0.15) is 0 Å². The van der Waals surface area contributed by atoms with Crippen molar-refractivity contribution >= 4 is 20.2 Å². The molecule has 0 spiro atoms. The quantitative estimate of drug-likeness (QED) is 0.682. The van der Waals surface area contributed by atoms with Gasteiger partial charge in [-0.1, -0.05) is 12.8 Å². The molecule has 0 N–H and O–H groups in total. The molecule has 2 rings (SSSR count). The van der Waals surface area contributed by atoms with Crippen LogP contribution in [0.3, 0.4) is 0 Å². The molecule has 0 radical (unpaired) electrons. The zero-order valence-corrected chi connectivity index (χ0v) is 11.5. The third-order valence-electron chi connectivity index (χ3n) is 4.31. The Morgan fingerprint density at radius 2 is 1.50 bits per heavy atom. The van der Waals surface area contributed by atoms with E-state index in [1.165, 1.54) is 0 Å². The van der Waals surface area contributed by atoms with Crippen LogP contribution in [-0.2, 0) is 20.2 Å². The van der Waals surface area contributed by atoms with Crippen LogP contribution >= 0.6 is 0 Å². The van der Waals surface area contributed by atoms with Crippen LogP contribution in [-0.4, -0.2) is 36.4 Å². The number of fused-ring (bicyclic) bond motifs is 1. The number of rotatable bonds is 2. The summed E-state index contributed by atoms with van der Waals surface area (Å²) in [6.45, 7) is 0. The van der Waals surface area contributed by atoms with Crippen molar-refractivity contribution in [2.45, 2.75) is 49.0 Å². The third-order valence-corrected chi connectivity index (χ3v) is 6.88. The summed E-state index contributed by atoms with van der Waals surface area (Å²) in [6, 6.07) is 0. The van der Waals surface area contributed by atoms with Gasteiger partial charge in [0, 0.05) is 5.25 Å². The molecule has 18 heavy (non-hydrogen) atoms. The van der Waals surface area contributed by atoms with E-state index in [4.69, 9.17) is 0 Å². The molecule has 4 atom stereocenters. The summed E-state index contributed by atoms with van der Waals surface area (Å²) < 4.78 is 66.6. The van der Waals surface area contributed by atoms with Crippen molar-refractivity contribution in [1.29, 1.82) is 0 Å². The van der Waals surface area contributed by atoms with Crippen molar-refractivity contribution in [3.63, 3.8) is 0 Å². The highest BCUT2D eigenvalue weighted by Gasteiger charge is 2.41. The standard InChI is InChI=1S/C10H18O6S2/c11-17(12,13)8-4-5-9-7(6-8)2-1-3-10(9)18(14,15)16/h7-10H,1-6H2,(H,11,12,13)(H,14,15,16)/p-2. The summed E-state index contributed by atoms with van der Waals surface area (Å²) in [5.41, 5.74) is 0. The molecule has 0 aromatic heterocycles. The molecule has 0 heterocycles. The molecule has 0 bridgehead atoms. The van der Waals surface area contributed by atoms with Gasteiger partial charge in [-0.05, 0) is 37.5 Å². The zero-order chi connectivity index (χ0) is 13.6. The van der Waals surface area contributed by atoms with Gasteiger partial charge in [-0.3, -0.25) is 0 Å². The number of hydrogen-bond acceptors (Lipinski definition) is 6. The topological polar surface area (TPSA) is 114 Å². The molecule has 0 aromatic carbocycles. The monoisotopic (exact) mass is 296 g/mol. The first kappa shape index (κ1) is 14.2. The minimum atomic E-state index is -4.33. The lowest BCUT2D eigenvalue weighted by Crippen LogP contribution is -2.43. The van der Waals surface area contributed by atoms with E-state index in [1.54, 1.807) is 0 Å². The van der Waals surface area contributed by atoms with Crippen LogP contribution in [0.2, 0.25) is 0 Å². The highest BCUT2D eigenvalue weighted by molar-refractivity contribution is 7.86. The fraction of sp³-hybridized carbons (Fsp3) is 1.00. The second-order valence-corrected chi connectivity index (χ2v) is 8.56. The van der Waals surface area contributed by atoms with Gasteiger partial charge in [-0.25, -0.2) is 16.8 Å². The Balaban J connectivity index is 2.17. The van der Waals surface area contributed by atoms with E-state index in [-0.39, 0.29) is 24.7 Å². The SMILES string of the molecule is O=S(=O)([O-])C1CCC2C(CCCC2S(=O)(=O)[O-])C1. The van der Waals surface area contributed by atoms with Crippen LogP contribution in [0.25, 0.3) is 0 Å². The van der Waals surface area contributed by atoms with E-state index >= 15 is 0 Å². The van der Waals surface area contributed by atoms with Crippen LogP contribution in [0.5, 0.6) is 0 Å². The minimum Gasteiger partial charge on any atom is -0.748 e. The van der Waals surface area contributed by atoms with E-state index in [1.807, 2.05) is 0 Å². The van der Waals surface area contributed by atoms with Crippen molar-refractivity contribution in [2.24, 2.45) is 11.8 Å². The Bertz CT molecular complexity index is 508. The maximum atomic E-state index is 11.2. The average Bonchev–Trinajstić information content (AvgIpc) is 2.25. The molecule has 0 aromatic rings. The summed E-state index contributed by atoms with van der Waals surface area (Å²) in [7, 11) is -8.63. The molecule has 2 aliphatic carbocycles. The molecule has 2 fully saturated rings. The Morgan fingerprint density at radius 1 is 0.833 bits per heavy atom. The van der Waals surface area contributed by atoms with Gasteiger partial charge in [0.05, 0.1) is 25.5 Å². The molecule has 0 saturated heterocycles. The number of hydrogen-bond donors (Lipinski definition) is 0. The molecule has 6 nitrogen and oxygen atoms in total. The lowest BCUT2D eigenvalue weighted by Gasteiger charge is -2.44. The van der Waals surface area contributed by atoms with Crippen LogP contribution in [0.15, 0.2) is 0 Å². The maximum absolute atomic E-state index is 11.2. The van der Waals surface area contributed by atoms with E-state index in [0.717, 1.165) is 0 Å². The molecule has 4 unspecified atom stereocenters. The van der Waals surface area contributed by atoms with Gasteiger partial charge >= 0.3 is 0 Å². The highest BCUT2D eigenvalue weighted by atomic mass is 32.2. The van der Waals surface area contributed by atoms with Crippen molar-refractivity contribution in [3.05, 3.63) is 0 Å². The second kappa shape index (κ2) is 4.73. The molecule has 2 saturated carbocycles. The van der Waals surface area contributed by atoms with Gasteiger partial charge in [0.2, 0.25) is 0 Å². The van der Waals surface area contributed by atoms with Crippen LogP contribution < -0.4 is 0 Å². The highest BCUT2D eigenvalue weighted by Crippen LogP contribution is 2.44. The van der Waals surface area contributed by atoms with Gasteiger partial charge in [-0.15, -0.1) is 0 Å². The van der Waals surface area contributed by atoms with Crippen LogP contribution in [0.1, 0.15) is 38.5 Å². The summed E-state index contributed by atoms with van der Waals surface area (Å²) in [6.07, 6.45) is 2.42. The van der Waals surface area contributed by atoms with Crippen LogP contribution in [0.4, 0.5) is 0 Å². The predicted octanol–water partition coefficient (Wildman–Crippen LogP) is 0.414. The van der Waals surface area contributed by atoms with Gasteiger partial charge in [0.15, 0.2) is 0 Å². The molecule has 8 heteroatoms. The molecule has 106 valence electrons. The van der Waals surface area contributed by atoms with Crippen molar-refractivity contribution in [2.75, 3.05) is 0 Å². The molecule has 2 aliphatic rings. The first-order valence-corrected chi connectivity index (χ1v) is 9.03. The fourth-order valence-corrected chi connectivity index (χ4v) is 5.63. The van der Waals surface area contributed by atoms with Gasteiger partial charge < -0.3 is 9.11 Å². The van der Waals surface area contributed by atoms with E-state index in [0.29, 0.717) is 25.7 Å². The van der Waals surface area contributed by atoms with E-state index in [9.17, 15) is 25.9 Å². The average molecular weight is 296 g/mol. The Morgan fingerprint density at radius 3 is 2.06 bits per heavy atom. The van der Waals surface area contributed by atoms with Gasteiger partial charge in [-0.2, -0.15) is 0 Å². The molecular formula is C10H16O6S2-2. The summed E-state index contributed by atoms with van der Waals surface area (Å²) in [4.78, 5) is 0. The molecule has 0 aliphatic heterocycles. The van der Waals surface area contributed by atoms with Crippen molar-refractivity contribution in [3.8, 4) is 0 Å². The molecule has 0 amide bonds. The zero-order valence-electron chi connectivity index (χ0n) is 9.82. The Hall–Kier alpha value is -0.180. The summed E-state index contributed by atoms with van der Waals surface area (Å²) >= 11 is 0. The van der Waals surface area contributed by atoms with E-state index < -0.39 is 30.7 Å². The largest absolute Gasteiger partial charge is 0.748 e. The minimum absolute atomic E-state index is 0.116. The van der Waals surface area contributed by atoms with Crippen LogP contribution in [0, 0.1) is 11.8 Å².